The second-order valence-electron chi connectivity index (χ2n) is 10.4. The number of benzene rings is 1. The summed E-state index contributed by atoms with van der Waals surface area (Å²) in [7, 11) is 0. The normalized spacial score (nSPS) is 11.0. The molecule has 3 rings (SSSR count). The summed E-state index contributed by atoms with van der Waals surface area (Å²) in [4.78, 5) is 75.2. The van der Waals surface area contributed by atoms with Gasteiger partial charge in [0, 0.05) is 13.1 Å². The molecule has 44 heavy (non-hydrogen) atoms. The Kier molecular flexibility index (Phi) is 11.5. The summed E-state index contributed by atoms with van der Waals surface area (Å²) in [6, 6.07) is 9.00. The van der Waals surface area contributed by atoms with Gasteiger partial charge in [-0.25, -0.2) is 14.6 Å². The lowest BCUT2D eigenvalue weighted by Gasteiger charge is -2.23. The van der Waals surface area contributed by atoms with Crippen molar-refractivity contribution in [3.63, 3.8) is 0 Å². The smallest absolute Gasteiger partial charge is 0.413 e. The number of imidazole rings is 1. The number of aliphatic carboxylic acids is 1. The van der Waals surface area contributed by atoms with Crippen LogP contribution in [0.3, 0.4) is 0 Å². The fourth-order valence-electron chi connectivity index (χ4n) is 3.71. The number of hydrogen-bond acceptors (Lipinski definition) is 10. The van der Waals surface area contributed by atoms with Crippen LogP contribution in [-0.2, 0) is 37.0 Å². The monoisotopic (exact) mass is 614 g/mol. The van der Waals surface area contributed by atoms with Crippen LogP contribution in [0.5, 0.6) is 0 Å². The third kappa shape index (κ3) is 10.5. The van der Waals surface area contributed by atoms with E-state index in [0.717, 1.165) is 10.5 Å². The fourth-order valence-corrected chi connectivity index (χ4v) is 3.71. The van der Waals surface area contributed by atoms with Crippen molar-refractivity contribution >= 4 is 52.9 Å². The van der Waals surface area contributed by atoms with Crippen LogP contribution >= 0.6 is 0 Å². The van der Waals surface area contributed by atoms with E-state index in [-0.39, 0.29) is 49.0 Å². The van der Waals surface area contributed by atoms with E-state index in [0.29, 0.717) is 6.54 Å². The Hall–Kier alpha value is -5.32. The number of anilines is 2. The Morgan fingerprint density at radius 3 is 2.43 bits per heavy atom. The van der Waals surface area contributed by atoms with Gasteiger partial charge in [-0.2, -0.15) is 9.97 Å². The molecule has 2 aromatic heterocycles. The average molecular weight is 615 g/mol. The van der Waals surface area contributed by atoms with Gasteiger partial charge in [0.25, 0.3) is 0 Å². The zero-order valence-electron chi connectivity index (χ0n) is 24.7. The summed E-state index contributed by atoms with van der Waals surface area (Å²) < 4.78 is 11.7. The number of quaternary nitrogens is 1. The molecule has 0 atom stereocenters. The van der Waals surface area contributed by atoms with E-state index >= 15 is 0 Å². The standard InChI is InChI=1S/C27H35N9O8/c1-27(2,3)44-25(41)29-11-12-35(14-20(39)40)19(38)13-36-16-30-21-22(32-24(34-23(21)36)31-18(37)9-10-28)33-26(42)43-15-17-7-5-4-6-8-17/h4-8,16H,9-15,28H2,1-3H3,(H,29,41)(H,39,40)(H2,31,32,33,34,37,42)/p+1. The van der Waals surface area contributed by atoms with Crippen LogP contribution in [0.2, 0.25) is 0 Å². The third-order valence-electron chi connectivity index (χ3n) is 5.59. The Balaban J connectivity index is 1.81. The Morgan fingerprint density at radius 1 is 1.05 bits per heavy atom. The van der Waals surface area contributed by atoms with Crippen molar-refractivity contribution in [2.24, 2.45) is 0 Å². The topological polar surface area (TPSA) is 235 Å². The van der Waals surface area contributed by atoms with Crippen LogP contribution in [0.1, 0.15) is 32.8 Å². The molecule has 0 bridgehead atoms. The molecule has 0 aliphatic carbocycles. The quantitative estimate of drug-likeness (QED) is 0.179. The van der Waals surface area contributed by atoms with Gasteiger partial charge in [-0.3, -0.25) is 25.0 Å². The maximum absolute atomic E-state index is 13.2. The first-order valence-corrected chi connectivity index (χ1v) is 13.6. The van der Waals surface area contributed by atoms with Gasteiger partial charge in [-0.05, 0) is 26.3 Å². The van der Waals surface area contributed by atoms with Crippen LogP contribution in [0.25, 0.3) is 11.2 Å². The van der Waals surface area contributed by atoms with Crippen LogP contribution < -0.4 is 21.7 Å². The molecule has 0 fully saturated rings. The number of rotatable bonds is 13. The lowest BCUT2D eigenvalue weighted by molar-refractivity contribution is -0.365. The minimum atomic E-state index is -1.26. The zero-order valence-corrected chi connectivity index (χ0v) is 24.7. The first kappa shape index (κ1) is 33.2. The largest absolute Gasteiger partial charge is 0.480 e. The van der Waals surface area contributed by atoms with Crippen LogP contribution in [-0.4, -0.2) is 91.3 Å². The molecule has 0 saturated carbocycles. The summed E-state index contributed by atoms with van der Waals surface area (Å²) >= 11 is 0. The summed E-state index contributed by atoms with van der Waals surface area (Å²) in [5, 5.41) is 16.8. The number of amides is 4. The lowest BCUT2D eigenvalue weighted by atomic mass is 10.2. The molecule has 7 N–H and O–H groups in total. The number of ether oxygens (including phenoxy) is 2. The number of aromatic nitrogens is 4. The molecule has 0 unspecified atom stereocenters. The van der Waals surface area contributed by atoms with Crippen LogP contribution in [0.15, 0.2) is 36.7 Å². The molecule has 0 spiro atoms. The zero-order chi connectivity index (χ0) is 32.3. The second-order valence-corrected chi connectivity index (χ2v) is 10.4. The summed E-state index contributed by atoms with van der Waals surface area (Å²) in [5.74, 6) is -2.58. The Labute approximate surface area is 252 Å². The average Bonchev–Trinajstić information content (AvgIpc) is 3.33. The molecule has 236 valence electrons. The molecule has 2 heterocycles. The predicted molar refractivity (Wildman–Crippen MR) is 155 cm³/mol. The number of alkyl carbamates (subject to hydrolysis) is 1. The lowest BCUT2D eigenvalue weighted by Crippen LogP contribution is -2.51. The third-order valence-corrected chi connectivity index (χ3v) is 5.59. The molecule has 0 aliphatic rings. The second kappa shape index (κ2) is 15.2. The summed E-state index contributed by atoms with van der Waals surface area (Å²) in [6.45, 7) is 4.15. The predicted octanol–water partition coefficient (Wildman–Crippen LogP) is 0.583. The molecule has 3 aromatic rings. The van der Waals surface area contributed by atoms with Gasteiger partial charge in [0.15, 0.2) is 17.0 Å². The highest BCUT2D eigenvalue weighted by atomic mass is 16.6. The van der Waals surface area contributed by atoms with Gasteiger partial charge in [0.2, 0.25) is 17.8 Å². The van der Waals surface area contributed by atoms with Gasteiger partial charge in [0.05, 0.1) is 19.3 Å². The Bertz CT molecular complexity index is 1490. The summed E-state index contributed by atoms with van der Waals surface area (Å²) in [5.41, 5.74) is 3.81. The van der Waals surface area contributed by atoms with Crippen molar-refractivity contribution in [1.29, 1.82) is 0 Å². The van der Waals surface area contributed by atoms with Crippen molar-refractivity contribution in [3.05, 3.63) is 42.2 Å². The first-order valence-electron chi connectivity index (χ1n) is 13.6. The molecular formula is C27H36N9O8+. The van der Waals surface area contributed by atoms with E-state index in [1.807, 2.05) is 6.07 Å². The van der Waals surface area contributed by atoms with E-state index in [9.17, 15) is 29.1 Å². The molecular weight excluding hydrogens is 578 g/mol. The van der Waals surface area contributed by atoms with E-state index in [1.165, 1.54) is 10.9 Å². The van der Waals surface area contributed by atoms with Crippen molar-refractivity contribution in [1.82, 2.24) is 29.7 Å². The molecule has 4 amide bonds. The van der Waals surface area contributed by atoms with Gasteiger partial charge in [-0.1, -0.05) is 30.3 Å². The van der Waals surface area contributed by atoms with E-state index in [1.54, 1.807) is 45.0 Å². The number of carbonyl (C=O) groups excluding carboxylic acids is 4. The van der Waals surface area contributed by atoms with E-state index in [4.69, 9.17) is 9.47 Å². The summed E-state index contributed by atoms with van der Waals surface area (Å²) in [6.07, 6.45) is -0.215. The van der Waals surface area contributed by atoms with Crippen LogP contribution in [0, 0.1) is 0 Å². The maximum Gasteiger partial charge on any atom is 0.413 e. The fraction of sp³-hybridized carbons (Fsp3) is 0.407. The molecule has 0 aliphatic heterocycles. The van der Waals surface area contributed by atoms with Gasteiger partial charge in [-0.15, -0.1) is 0 Å². The highest BCUT2D eigenvalue weighted by Gasteiger charge is 2.22. The van der Waals surface area contributed by atoms with Crippen molar-refractivity contribution in [3.8, 4) is 0 Å². The molecule has 17 heteroatoms. The number of carboxylic acid groups (broad SMARTS) is 1. The van der Waals surface area contributed by atoms with Crippen molar-refractivity contribution in [2.45, 2.75) is 45.9 Å². The molecule has 0 saturated heterocycles. The van der Waals surface area contributed by atoms with Crippen LogP contribution in [0.4, 0.5) is 21.4 Å². The van der Waals surface area contributed by atoms with Crippen molar-refractivity contribution < 1.29 is 44.3 Å². The highest BCUT2D eigenvalue weighted by molar-refractivity contribution is 5.96. The number of fused-ring (bicyclic) bond motifs is 1. The van der Waals surface area contributed by atoms with Gasteiger partial charge < -0.3 is 35.1 Å². The minimum Gasteiger partial charge on any atom is -0.480 e. The van der Waals surface area contributed by atoms with E-state index in [2.05, 4.69) is 36.6 Å². The first-order chi connectivity index (χ1) is 20.8. The SMILES string of the molecule is CC(C)(C)OC(=O)NCCN(CC(=O)O)C(=O)Cn1cnc2c(NC(=O)OCc3ccccc3)nc(NC(=O)CC[NH3+])nc21. The number of hydrogen-bond donors (Lipinski definition) is 5. The number of nitrogens with zero attached hydrogens (tertiary/aromatic N) is 5. The molecule has 17 nitrogen and oxygen atoms in total. The minimum absolute atomic E-state index is 0.0148. The van der Waals surface area contributed by atoms with Gasteiger partial charge in [0.1, 0.15) is 25.3 Å². The van der Waals surface area contributed by atoms with Crippen molar-refractivity contribution in [2.75, 3.05) is 36.8 Å². The number of carboxylic acids is 1. The molecule has 0 radical (unpaired) electrons. The van der Waals surface area contributed by atoms with E-state index < -0.39 is 48.7 Å². The maximum atomic E-state index is 13.2. The van der Waals surface area contributed by atoms with Gasteiger partial charge >= 0.3 is 18.2 Å². The molecule has 1 aromatic carbocycles. The number of nitrogens with one attached hydrogen (secondary N) is 3. The Morgan fingerprint density at radius 2 is 1.77 bits per heavy atom. The number of carbonyl (C=O) groups is 5. The highest BCUT2D eigenvalue weighted by Crippen LogP contribution is 2.22.